The van der Waals surface area contributed by atoms with Crippen LogP contribution in [0.25, 0.3) is 0 Å². The molecule has 17 heavy (non-hydrogen) atoms. The van der Waals surface area contributed by atoms with E-state index in [9.17, 15) is 9.59 Å². The van der Waals surface area contributed by atoms with Gasteiger partial charge in [-0.2, -0.15) is 0 Å². The minimum absolute atomic E-state index is 0.0110. The van der Waals surface area contributed by atoms with E-state index in [1.165, 1.54) is 0 Å². The van der Waals surface area contributed by atoms with Crippen LogP contribution in [0.2, 0.25) is 0 Å². The summed E-state index contributed by atoms with van der Waals surface area (Å²) < 4.78 is 1.73. The van der Waals surface area contributed by atoms with Crippen LogP contribution in [0.5, 0.6) is 0 Å². The van der Waals surface area contributed by atoms with E-state index in [4.69, 9.17) is 11.6 Å². The molecule has 1 N–H and O–H groups in total. The molecule has 0 fully saturated rings. The number of aryl methyl sites for hydroxylation is 2. The third-order valence-corrected chi connectivity index (χ3v) is 3.02. The Balaban J connectivity index is 2.67. The molecular formula is C12H17ClN2O2. The van der Waals surface area contributed by atoms with E-state index in [1.54, 1.807) is 11.5 Å². The minimum atomic E-state index is -0.811. The molecule has 0 aromatic carbocycles. The van der Waals surface area contributed by atoms with Crippen molar-refractivity contribution in [2.24, 2.45) is 0 Å². The molecule has 0 aliphatic heterocycles. The van der Waals surface area contributed by atoms with E-state index in [1.807, 2.05) is 26.0 Å². The van der Waals surface area contributed by atoms with Gasteiger partial charge in [0.1, 0.15) is 0 Å². The predicted octanol–water partition coefficient (Wildman–Crippen LogP) is 1.94. The number of hydrogen-bond acceptors (Lipinski definition) is 2. The maximum absolute atomic E-state index is 11.8. The molecule has 0 bridgehead atoms. The van der Waals surface area contributed by atoms with E-state index in [0.717, 1.165) is 11.4 Å². The van der Waals surface area contributed by atoms with Crippen LogP contribution in [-0.2, 0) is 9.59 Å². The van der Waals surface area contributed by atoms with Crippen LogP contribution in [0.3, 0.4) is 0 Å². The summed E-state index contributed by atoms with van der Waals surface area (Å²) in [5, 5.41) is 2.53. The summed E-state index contributed by atoms with van der Waals surface area (Å²) in [5.74, 6) is -0.362. The number of aromatic nitrogens is 1. The molecule has 1 unspecified atom stereocenters. The first-order valence-corrected chi connectivity index (χ1v) is 5.99. The zero-order valence-corrected chi connectivity index (χ0v) is 11.0. The molecule has 1 aromatic heterocycles. The van der Waals surface area contributed by atoms with Gasteiger partial charge in [0.2, 0.25) is 0 Å². The number of carbonyl (C=O) groups is 2. The lowest BCUT2D eigenvalue weighted by atomic mass is 10.3. The highest BCUT2D eigenvalue weighted by molar-refractivity contribution is 6.28. The van der Waals surface area contributed by atoms with Crippen LogP contribution < -0.4 is 5.32 Å². The van der Waals surface area contributed by atoms with Crippen molar-refractivity contribution in [3.63, 3.8) is 0 Å². The third kappa shape index (κ3) is 3.33. The fraction of sp³-hybridized carbons (Fsp3) is 0.500. The Bertz CT molecular complexity index is 407. The summed E-state index contributed by atoms with van der Waals surface area (Å²) >= 11 is 6.07. The van der Waals surface area contributed by atoms with E-state index in [-0.39, 0.29) is 18.2 Å². The number of ketones is 1. The summed E-state index contributed by atoms with van der Waals surface area (Å²) in [7, 11) is 0. The summed E-state index contributed by atoms with van der Waals surface area (Å²) in [4.78, 5) is 22.8. The van der Waals surface area contributed by atoms with Crippen molar-refractivity contribution in [1.29, 1.82) is 0 Å². The molecule has 0 saturated heterocycles. The van der Waals surface area contributed by atoms with Gasteiger partial charge in [-0.05, 0) is 26.0 Å². The Kier molecular flexibility index (Phi) is 4.75. The molecule has 1 atom stereocenters. The van der Waals surface area contributed by atoms with Crippen LogP contribution in [0.15, 0.2) is 12.1 Å². The van der Waals surface area contributed by atoms with Gasteiger partial charge in [-0.3, -0.25) is 9.59 Å². The van der Waals surface area contributed by atoms with Gasteiger partial charge in [0, 0.05) is 17.8 Å². The topological polar surface area (TPSA) is 51.1 Å². The highest BCUT2D eigenvalue weighted by Gasteiger charge is 2.19. The van der Waals surface area contributed by atoms with Gasteiger partial charge < -0.3 is 9.88 Å². The largest absolute Gasteiger partial charge is 0.346 e. The zero-order valence-electron chi connectivity index (χ0n) is 10.3. The van der Waals surface area contributed by atoms with Gasteiger partial charge in [0.05, 0.1) is 6.54 Å². The van der Waals surface area contributed by atoms with Gasteiger partial charge in [-0.1, -0.05) is 18.5 Å². The highest BCUT2D eigenvalue weighted by Crippen LogP contribution is 2.19. The van der Waals surface area contributed by atoms with Crippen LogP contribution in [0.1, 0.15) is 30.2 Å². The number of rotatable bonds is 5. The molecule has 5 heteroatoms. The second-order valence-corrected chi connectivity index (χ2v) is 4.35. The zero-order chi connectivity index (χ0) is 13.0. The van der Waals surface area contributed by atoms with Crippen LogP contribution in [-0.4, -0.2) is 22.8 Å². The maximum Gasteiger partial charge on any atom is 0.259 e. The van der Waals surface area contributed by atoms with E-state index < -0.39 is 5.50 Å². The predicted molar refractivity (Wildman–Crippen MR) is 67.1 cm³/mol. The highest BCUT2D eigenvalue weighted by atomic mass is 35.5. The van der Waals surface area contributed by atoms with Crippen molar-refractivity contribution < 1.29 is 9.59 Å². The molecule has 1 amide bonds. The van der Waals surface area contributed by atoms with Gasteiger partial charge in [-0.25, -0.2) is 0 Å². The molecule has 0 aliphatic carbocycles. The Labute approximate surface area is 106 Å². The fourth-order valence-electron chi connectivity index (χ4n) is 1.55. The first-order valence-electron chi connectivity index (χ1n) is 5.55. The van der Waals surface area contributed by atoms with Crippen molar-refractivity contribution in [1.82, 2.24) is 9.88 Å². The van der Waals surface area contributed by atoms with Gasteiger partial charge in [-0.15, -0.1) is 0 Å². The Morgan fingerprint density at radius 3 is 2.35 bits per heavy atom. The first-order chi connectivity index (χ1) is 7.97. The summed E-state index contributed by atoms with van der Waals surface area (Å²) in [6.07, 6.45) is 0.412. The number of hydrogen-bond donors (Lipinski definition) is 1. The number of alkyl halides is 1. The quantitative estimate of drug-likeness (QED) is 0.819. The number of nitrogens with zero attached hydrogens (tertiary/aromatic N) is 1. The Hall–Kier alpha value is -1.29. The minimum Gasteiger partial charge on any atom is -0.346 e. The molecule has 0 saturated carbocycles. The molecule has 1 aromatic rings. The molecular weight excluding hydrogens is 240 g/mol. The van der Waals surface area contributed by atoms with E-state index in [0.29, 0.717) is 6.42 Å². The number of halogens is 1. The van der Waals surface area contributed by atoms with Crippen molar-refractivity contribution in [2.45, 2.75) is 32.7 Å². The summed E-state index contributed by atoms with van der Waals surface area (Å²) in [6.45, 7) is 5.56. The standard InChI is InChI=1S/C12H17ClN2O2/c1-4-10(16)7-14-12(17)11(13)15-8(2)5-6-9(15)3/h5-6,11H,4,7H2,1-3H3,(H,14,17). The number of carbonyl (C=O) groups excluding carboxylic acids is 2. The van der Waals surface area contributed by atoms with Crippen molar-refractivity contribution in [3.8, 4) is 0 Å². The number of amides is 1. The second-order valence-electron chi connectivity index (χ2n) is 3.93. The monoisotopic (exact) mass is 256 g/mol. The lowest BCUT2D eigenvalue weighted by Crippen LogP contribution is -2.34. The normalized spacial score (nSPS) is 12.2. The summed E-state index contributed by atoms with van der Waals surface area (Å²) in [5.41, 5.74) is 1.02. The maximum atomic E-state index is 11.8. The van der Waals surface area contributed by atoms with Crippen molar-refractivity contribution >= 4 is 23.3 Å². The lowest BCUT2D eigenvalue weighted by molar-refractivity contribution is -0.125. The van der Waals surface area contributed by atoms with Crippen molar-refractivity contribution in [3.05, 3.63) is 23.5 Å². The second kappa shape index (κ2) is 5.87. The van der Waals surface area contributed by atoms with E-state index in [2.05, 4.69) is 5.32 Å². The Morgan fingerprint density at radius 1 is 1.35 bits per heavy atom. The average Bonchev–Trinajstić information content (AvgIpc) is 2.64. The van der Waals surface area contributed by atoms with Gasteiger partial charge >= 0.3 is 0 Å². The van der Waals surface area contributed by atoms with Gasteiger partial charge in [0.25, 0.3) is 5.91 Å². The van der Waals surface area contributed by atoms with E-state index >= 15 is 0 Å². The van der Waals surface area contributed by atoms with Crippen molar-refractivity contribution in [2.75, 3.05) is 6.54 Å². The molecule has 4 nitrogen and oxygen atoms in total. The SMILES string of the molecule is CCC(=O)CNC(=O)C(Cl)n1c(C)ccc1C. The smallest absolute Gasteiger partial charge is 0.259 e. The average molecular weight is 257 g/mol. The Morgan fingerprint density at radius 2 is 1.88 bits per heavy atom. The number of Topliss-reactive ketones (excluding diaryl/α,β-unsaturated/α-hetero) is 1. The van der Waals surface area contributed by atoms with Gasteiger partial charge in [0.15, 0.2) is 11.3 Å². The fourth-order valence-corrected chi connectivity index (χ4v) is 1.93. The molecule has 0 radical (unpaired) electrons. The molecule has 0 aliphatic rings. The molecule has 0 spiro atoms. The van der Waals surface area contributed by atoms with Crippen LogP contribution >= 0.6 is 11.6 Å². The molecule has 94 valence electrons. The first kappa shape index (κ1) is 13.8. The van der Waals surface area contributed by atoms with Crippen LogP contribution in [0, 0.1) is 13.8 Å². The summed E-state index contributed by atoms with van der Waals surface area (Å²) in [6, 6.07) is 3.80. The number of nitrogens with one attached hydrogen (secondary N) is 1. The van der Waals surface area contributed by atoms with Crippen LogP contribution in [0.4, 0.5) is 0 Å². The lowest BCUT2D eigenvalue weighted by Gasteiger charge is -2.15. The molecule has 1 rings (SSSR count). The third-order valence-electron chi connectivity index (χ3n) is 2.62. The molecule has 1 heterocycles.